The molecule has 31 heavy (non-hydrogen) atoms. The molecule has 2 N–H and O–H groups in total. The molecule has 164 valence electrons. The van der Waals surface area contributed by atoms with Crippen molar-refractivity contribution < 1.29 is 4.79 Å². The molecule has 0 atom stereocenters. The van der Waals surface area contributed by atoms with Crippen LogP contribution in [0.5, 0.6) is 0 Å². The lowest BCUT2D eigenvalue weighted by Crippen LogP contribution is -2.52. The zero-order valence-corrected chi connectivity index (χ0v) is 19.3. The van der Waals surface area contributed by atoms with Gasteiger partial charge in [-0.3, -0.25) is 14.7 Å². The molecule has 1 heterocycles. The third-order valence-electron chi connectivity index (χ3n) is 7.20. The Bertz CT molecular complexity index is 1090. The Labute approximate surface area is 194 Å². The highest BCUT2D eigenvalue weighted by molar-refractivity contribution is 6.40. The fourth-order valence-corrected chi connectivity index (χ4v) is 7.27. The normalized spacial score (nSPS) is 29.1. The van der Waals surface area contributed by atoms with Gasteiger partial charge in [-0.25, -0.2) is 10.1 Å². The average molecular weight is 482 g/mol. The van der Waals surface area contributed by atoms with Crippen LogP contribution in [0.2, 0.25) is 15.1 Å². The number of rotatable bonds is 4. The summed E-state index contributed by atoms with van der Waals surface area (Å²) in [7, 11) is 0. The molecular formula is C22H23Cl3N4O2. The van der Waals surface area contributed by atoms with Crippen LogP contribution in [-0.2, 0) is 4.79 Å². The highest BCUT2D eigenvalue weighted by Crippen LogP contribution is 2.60. The Morgan fingerprint density at radius 1 is 1.13 bits per heavy atom. The van der Waals surface area contributed by atoms with Gasteiger partial charge in [-0.05, 0) is 75.3 Å². The van der Waals surface area contributed by atoms with Crippen molar-refractivity contribution in [2.45, 2.75) is 45.4 Å². The first-order valence-corrected chi connectivity index (χ1v) is 11.7. The summed E-state index contributed by atoms with van der Waals surface area (Å²) in [5, 5.41) is 7.98. The number of hydrazone groups is 1. The minimum atomic E-state index is -0.364. The number of aromatic nitrogens is 2. The summed E-state index contributed by atoms with van der Waals surface area (Å²) in [6.45, 7) is 1.75. The molecule has 0 radical (unpaired) electrons. The standard InChI is InChI=1S/C22H23Cl3N4O2/c1-11-16(20(30)29(28-11)19-17(24)5-15(23)6-18(19)25)10-26-27-21(31)22-7-12-2-13(8-22)4-14(3-12)9-22/h5-6,10,12-14,28H,2-4,7-9H2,1H3,(H,27,31)/b26-10+. The smallest absolute Gasteiger partial charge is 0.280 e. The fourth-order valence-electron chi connectivity index (χ4n) is 6.28. The molecule has 6 nitrogen and oxygen atoms in total. The van der Waals surface area contributed by atoms with E-state index in [2.05, 4.69) is 15.6 Å². The first-order valence-electron chi connectivity index (χ1n) is 10.6. The summed E-state index contributed by atoms with van der Waals surface area (Å²) >= 11 is 18.5. The molecule has 0 unspecified atom stereocenters. The fraction of sp³-hybridized carbons (Fsp3) is 0.500. The van der Waals surface area contributed by atoms with Crippen molar-refractivity contribution in [3.63, 3.8) is 0 Å². The van der Waals surface area contributed by atoms with Gasteiger partial charge in [0.2, 0.25) is 5.91 Å². The maximum absolute atomic E-state index is 13.0. The number of hydrogen-bond acceptors (Lipinski definition) is 3. The van der Waals surface area contributed by atoms with Gasteiger partial charge < -0.3 is 0 Å². The quantitative estimate of drug-likeness (QED) is 0.470. The highest BCUT2D eigenvalue weighted by Gasteiger charge is 2.54. The molecule has 0 aliphatic heterocycles. The van der Waals surface area contributed by atoms with E-state index in [1.807, 2.05) is 0 Å². The zero-order chi connectivity index (χ0) is 21.9. The number of carbonyl (C=O) groups is 1. The van der Waals surface area contributed by atoms with Crippen molar-refractivity contribution >= 4 is 46.9 Å². The van der Waals surface area contributed by atoms with E-state index in [4.69, 9.17) is 34.8 Å². The zero-order valence-electron chi connectivity index (χ0n) is 17.1. The van der Waals surface area contributed by atoms with Crippen LogP contribution in [-0.4, -0.2) is 21.9 Å². The van der Waals surface area contributed by atoms with Crippen LogP contribution < -0.4 is 11.0 Å². The SMILES string of the molecule is Cc1[nH]n(-c2c(Cl)cc(Cl)cc2Cl)c(=O)c1/C=N/NC(=O)C12CC3CC(CC(C3)C1)C2. The molecule has 1 aromatic carbocycles. The van der Waals surface area contributed by atoms with Crippen LogP contribution in [0.15, 0.2) is 22.0 Å². The van der Waals surface area contributed by atoms with Crippen molar-refractivity contribution in [1.82, 2.24) is 15.2 Å². The minimum absolute atomic E-state index is 0.0137. The number of aromatic amines is 1. The lowest BCUT2D eigenvalue weighted by atomic mass is 9.49. The summed E-state index contributed by atoms with van der Waals surface area (Å²) in [5.41, 5.74) is 3.30. The average Bonchev–Trinajstić information content (AvgIpc) is 2.94. The van der Waals surface area contributed by atoms with Crippen molar-refractivity contribution in [2.75, 3.05) is 0 Å². The number of H-pyrrole nitrogens is 1. The molecule has 9 heteroatoms. The van der Waals surface area contributed by atoms with Crippen molar-refractivity contribution in [3.8, 4) is 5.69 Å². The van der Waals surface area contributed by atoms with Crippen LogP contribution in [0.1, 0.15) is 49.8 Å². The predicted molar refractivity (Wildman–Crippen MR) is 122 cm³/mol. The maximum Gasteiger partial charge on any atom is 0.280 e. The van der Waals surface area contributed by atoms with Crippen molar-refractivity contribution in [2.24, 2.45) is 28.3 Å². The summed E-state index contributed by atoms with van der Waals surface area (Å²) in [6, 6.07) is 3.04. The number of amides is 1. The summed E-state index contributed by atoms with van der Waals surface area (Å²) in [5.74, 6) is 2.01. The first kappa shape index (κ1) is 21.1. The molecule has 1 aromatic heterocycles. The second-order valence-electron chi connectivity index (χ2n) is 9.41. The first-order chi connectivity index (χ1) is 14.8. The van der Waals surface area contributed by atoms with Crippen LogP contribution >= 0.6 is 34.8 Å². The molecular weight excluding hydrogens is 459 g/mol. The summed E-state index contributed by atoms with van der Waals surface area (Å²) < 4.78 is 1.26. The van der Waals surface area contributed by atoms with Gasteiger partial charge in [-0.2, -0.15) is 5.10 Å². The maximum atomic E-state index is 13.0. The van der Waals surface area contributed by atoms with E-state index in [0.717, 1.165) is 19.3 Å². The molecule has 4 aliphatic rings. The van der Waals surface area contributed by atoms with E-state index in [1.54, 1.807) is 6.92 Å². The third kappa shape index (κ3) is 3.62. The Hall–Kier alpha value is -1.76. The molecule has 6 rings (SSSR count). The number of nitrogens with zero attached hydrogens (tertiary/aromatic N) is 2. The van der Waals surface area contributed by atoms with E-state index >= 15 is 0 Å². The largest absolute Gasteiger partial charge is 0.295 e. The van der Waals surface area contributed by atoms with E-state index in [9.17, 15) is 9.59 Å². The molecule has 4 fully saturated rings. The van der Waals surface area contributed by atoms with Crippen LogP contribution in [0.25, 0.3) is 5.69 Å². The second-order valence-corrected chi connectivity index (χ2v) is 10.7. The lowest BCUT2D eigenvalue weighted by molar-refractivity contribution is -0.146. The molecule has 0 saturated heterocycles. The van der Waals surface area contributed by atoms with Crippen LogP contribution in [0.3, 0.4) is 0 Å². The minimum Gasteiger partial charge on any atom is -0.295 e. The predicted octanol–water partition coefficient (Wildman–Crippen LogP) is 5.10. The Balaban J connectivity index is 1.37. The number of halogens is 3. The molecule has 0 spiro atoms. The van der Waals surface area contributed by atoms with Gasteiger partial charge in [-0.1, -0.05) is 34.8 Å². The highest BCUT2D eigenvalue weighted by atomic mass is 35.5. The monoisotopic (exact) mass is 480 g/mol. The van der Waals surface area contributed by atoms with E-state index < -0.39 is 0 Å². The Morgan fingerprint density at radius 3 is 2.23 bits per heavy atom. The number of carbonyl (C=O) groups excluding carboxylic acids is 1. The second kappa shape index (κ2) is 7.68. The molecule has 4 aliphatic carbocycles. The van der Waals surface area contributed by atoms with Crippen molar-refractivity contribution in [3.05, 3.63) is 48.8 Å². The van der Waals surface area contributed by atoms with Gasteiger partial charge in [0.05, 0.1) is 27.2 Å². The number of hydrogen-bond donors (Lipinski definition) is 2. The number of aryl methyl sites for hydroxylation is 1. The van der Waals surface area contributed by atoms with Gasteiger partial charge in [0.25, 0.3) is 5.56 Å². The molecule has 1 amide bonds. The third-order valence-corrected chi connectivity index (χ3v) is 8.00. The van der Waals surface area contributed by atoms with E-state index in [0.29, 0.717) is 39.7 Å². The topological polar surface area (TPSA) is 79.2 Å². The van der Waals surface area contributed by atoms with Gasteiger partial charge in [-0.15, -0.1) is 0 Å². The van der Waals surface area contributed by atoms with Crippen LogP contribution in [0.4, 0.5) is 0 Å². The molecule has 4 saturated carbocycles. The van der Waals surface area contributed by atoms with E-state index in [-0.39, 0.29) is 26.9 Å². The molecule has 4 bridgehead atoms. The van der Waals surface area contributed by atoms with Gasteiger partial charge in [0.15, 0.2) is 0 Å². The Morgan fingerprint density at radius 2 is 1.68 bits per heavy atom. The number of benzene rings is 1. The lowest BCUT2D eigenvalue weighted by Gasteiger charge is -2.55. The summed E-state index contributed by atoms with van der Waals surface area (Å²) in [4.78, 5) is 26.0. The van der Waals surface area contributed by atoms with Gasteiger partial charge in [0, 0.05) is 10.7 Å². The van der Waals surface area contributed by atoms with Gasteiger partial charge >= 0.3 is 0 Å². The van der Waals surface area contributed by atoms with Crippen molar-refractivity contribution in [1.29, 1.82) is 0 Å². The Kier molecular flexibility index (Phi) is 5.23. The summed E-state index contributed by atoms with van der Waals surface area (Å²) in [6.07, 6.45) is 8.09. The number of nitrogens with one attached hydrogen (secondary N) is 2. The van der Waals surface area contributed by atoms with E-state index in [1.165, 1.54) is 42.3 Å². The van der Waals surface area contributed by atoms with Crippen LogP contribution in [0, 0.1) is 30.1 Å². The van der Waals surface area contributed by atoms with Gasteiger partial charge in [0.1, 0.15) is 5.69 Å². The molecule has 2 aromatic rings.